The number of halogens is 3. The SMILES string of the molecule is CC(C)C1NC(C)N(CCCCC(F)(F)F)C1=O. The van der Waals surface area contributed by atoms with Crippen molar-refractivity contribution in [3.63, 3.8) is 0 Å². The highest BCUT2D eigenvalue weighted by Gasteiger charge is 2.37. The molecule has 106 valence electrons. The fraction of sp³-hybridized carbons (Fsp3) is 0.917. The zero-order valence-electron chi connectivity index (χ0n) is 11.0. The van der Waals surface area contributed by atoms with Gasteiger partial charge in [0.05, 0.1) is 12.2 Å². The normalized spacial score (nSPS) is 25.3. The third kappa shape index (κ3) is 4.15. The van der Waals surface area contributed by atoms with Gasteiger partial charge in [-0.15, -0.1) is 0 Å². The molecule has 1 rings (SSSR count). The topological polar surface area (TPSA) is 32.3 Å². The Hall–Kier alpha value is -0.780. The molecule has 1 fully saturated rings. The van der Waals surface area contributed by atoms with E-state index in [2.05, 4.69) is 5.32 Å². The molecule has 1 aliphatic heterocycles. The van der Waals surface area contributed by atoms with Crippen molar-refractivity contribution < 1.29 is 18.0 Å². The van der Waals surface area contributed by atoms with E-state index in [-0.39, 0.29) is 30.5 Å². The molecule has 0 aromatic rings. The summed E-state index contributed by atoms with van der Waals surface area (Å²) >= 11 is 0. The van der Waals surface area contributed by atoms with E-state index >= 15 is 0 Å². The summed E-state index contributed by atoms with van der Waals surface area (Å²) in [6.45, 7) is 6.17. The second-order valence-electron chi connectivity index (χ2n) is 5.17. The molecule has 0 aromatic heterocycles. The lowest BCUT2D eigenvalue weighted by atomic mass is 10.1. The van der Waals surface area contributed by atoms with Gasteiger partial charge in [0.2, 0.25) is 5.91 Å². The molecule has 1 saturated heterocycles. The monoisotopic (exact) mass is 266 g/mol. The number of amides is 1. The Labute approximate surface area is 106 Å². The number of hydrogen-bond donors (Lipinski definition) is 1. The summed E-state index contributed by atoms with van der Waals surface area (Å²) in [5.41, 5.74) is 0. The highest BCUT2D eigenvalue weighted by atomic mass is 19.4. The molecule has 0 spiro atoms. The Kier molecular flexibility index (Phi) is 5.01. The molecular formula is C12H21F3N2O. The standard InChI is InChI=1S/C12H21F3N2O/c1-8(2)10-11(18)17(9(3)16-10)7-5-4-6-12(13,14)15/h8-10,16H,4-7H2,1-3H3. The number of nitrogens with zero attached hydrogens (tertiary/aromatic N) is 1. The maximum Gasteiger partial charge on any atom is 0.389 e. The van der Waals surface area contributed by atoms with E-state index in [4.69, 9.17) is 0 Å². The molecule has 2 atom stereocenters. The molecule has 0 aliphatic carbocycles. The lowest BCUT2D eigenvalue weighted by molar-refractivity contribution is -0.136. The molecule has 0 bridgehead atoms. The quantitative estimate of drug-likeness (QED) is 0.775. The van der Waals surface area contributed by atoms with Crippen LogP contribution in [-0.4, -0.2) is 35.7 Å². The molecule has 0 radical (unpaired) electrons. The average Bonchev–Trinajstić information content (AvgIpc) is 2.49. The van der Waals surface area contributed by atoms with E-state index in [1.165, 1.54) is 0 Å². The van der Waals surface area contributed by atoms with Gasteiger partial charge in [-0.1, -0.05) is 13.8 Å². The average molecular weight is 266 g/mol. The van der Waals surface area contributed by atoms with Crippen LogP contribution in [0.4, 0.5) is 13.2 Å². The van der Waals surface area contributed by atoms with E-state index in [1.54, 1.807) is 4.90 Å². The third-order valence-corrected chi connectivity index (χ3v) is 3.21. The summed E-state index contributed by atoms with van der Waals surface area (Å²) in [7, 11) is 0. The van der Waals surface area contributed by atoms with Crippen LogP contribution in [-0.2, 0) is 4.79 Å². The smallest absolute Gasteiger partial charge is 0.326 e. The molecule has 0 aromatic carbocycles. The minimum absolute atomic E-state index is 0.00417. The number of alkyl halides is 3. The Morgan fingerprint density at radius 3 is 2.39 bits per heavy atom. The van der Waals surface area contributed by atoms with Gasteiger partial charge < -0.3 is 4.90 Å². The van der Waals surface area contributed by atoms with E-state index in [1.807, 2.05) is 20.8 Å². The molecular weight excluding hydrogens is 245 g/mol. The van der Waals surface area contributed by atoms with Gasteiger partial charge in [0, 0.05) is 13.0 Å². The molecule has 6 heteroatoms. The zero-order valence-corrected chi connectivity index (χ0v) is 11.0. The van der Waals surface area contributed by atoms with Crippen LogP contribution in [0.15, 0.2) is 0 Å². The number of unbranched alkanes of at least 4 members (excludes halogenated alkanes) is 1. The van der Waals surface area contributed by atoms with Crippen molar-refractivity contribution in [3.05, 3.63) is 0 Å². The van der Waals surface area contributed by atoms with E-state index in [0.717, 1.165) is 0 Å². The van der Waals surface area contributed by atoms with Crippen molar-refractivity contribution in [2.24, 2.45) is 5.92 Å². The van der Waals surface area contributed by atoms with Gasteiger partial charge in [-0.05, 0) is 25.7 Å². The van der Waals surface area contributed by atoms with Gasteiger partial charge in [-0.2, -0.15) is 13.2 Å². The third-order valence-electron chi connectivity index (χ3n) is 3.21. The molecule has 1 heterocycles. The molecule has 1 aliphatic rings. The molecule has 1 amide bonds. The molecule has 18 heavy (non-hydrogen) atoms. The Morgan fingerprint density at radius 1 is 1.33 bits per heavy atom. The van der Waals surface area contributed by atoms with Crippen LogP contribution in [0.5, 0.6) is 0 Å². The first-order valence-corrected chi connectivity index (χ1v) is 6.35. The number of rotatable bonds is 5. The van der Waals surface area contributed by atoms with Gasteiger partial charge in [-0.25, -0.2) is 0 Å². The van der Waals surface area contributed by atoms with Crippen LogP contribution in [0.25, 0.3) is 0 Å². The highest BCUT2D eigenvalue weighted by molar-refractivity contribution is 5.84. The first kappa shape index (κ1) is 15.3. The summed E-state index contributed by atoms with van der Waals surface area (Å²) < 4.78 is 36.0. The number of hydrogen-bond acceptors (Lipinski definition) is 2. The summed E-state index contributed by atoms with van der Waals surface area (Å²) in [4.78, 5) is 13.6. The largest absolute Gasteiger partial charge is 0.389 e. The van der Waals surface area contributed by atoms with Gasteiger partial charge in [-0.3, -0.25) is 10.1 Å². The number of carbonyl (C=O) groups is 1. The predicted molar refractivity (Wildman–Crippen MR) is 62.8 cm³/mol. The maximum atomic E-state index is 12.0. The summed E-state index contributed by atoms with van der Waals surface area (Å²) in [5.74, 6) is 0.199. The minimum Gasteiger partial charge on any atom is -0.326 e. The Balaban J connectivity index is 2.36. The van der Waals surface area contributed by atoms with Crippen LogP contribution >= 0.6 is 0 Å². The minimum atomic E-state index is -4.10. The van der Waals surface area contributed by atoms with Crippen molar-refractivity contribution in [2.45, 2.75) is 58.4 Å². The van der Waals surface area contributed by atoms with Crippen LogP contribution in [0.2, 0.25) is 0 Å². The Morgan fingerprint density at radius 2 is 1.94 bits per heavy atom. The van der Waals surface area contributed by atoms with Crippen LogP contribution in [0.3, 0.4) is 0 Å². The van der Waals surface area contributed by atoms with Crippen molar-refractivity contribution in [1.82, 2.24) is 10.2 Å². The fourth-order valence-corrected chi connectivity index (χ4v) is 2.18. The van der Waals surface area contributed by atoms with Crippen molar-refractivity contribution in [2.75, 3.05) is 6.54 Å². The summed E-state index contributed by atoms with van der Waals surface area (Å²) in [5, 5.41) is 3.16. The van der Waals surface area contributed by atoms with Crippen LogP contribution in [0, 0.1) is 5.92 Å². The first-order chi connectivity index (χ1) is 8.22. The van der Waals surface area contributed by atoms with Crippen molar-refractivity contribution >= 4 is 5.91 Å². The van der Waals surface area contributed by atoms with Crippen LogP contribution < -0.4 is 5.32 Å². The van der Waals surface area contributed by atoms with Gasteiger partial charge in [0.15, 0.2) is 0 Å². The van der Waals surface area contributed by atoms with E-state index in [0.29, 0.717) is 13.0 Å². The lowest BCUT2D eigenvalue weighted by Crippen LogP contribution is -2.35. The first-order valence-electron chi connectivity index (χ1n) is 6.35. The van der Waals surface area contributed by atoms with Crippen LogP contribution in [0.1, 0.15) is 40.0 Å². The van der Waals surface area contributed by atoms with Gasteiger partial charge in [0.1, 0.15) is 0 Å². The van der Waals surface area contributed by atoms with E-state index in [9.17, 15) is 18.0 Å². The number of carbonyl (C=O) groups excluding carboxylic acids is 1. The second-order valence-corrected chi connectivity index (χ2v) is 5.17. The summed E-state index contributed by atoms with van der Waals surface area (Å²) in [6.07, 6.45) is -4.49. The predicted octanol–water partition coefficient (Wildman–Crippen LogP) is 2.52. The fourth-order valence-electron chi connectivity index (χ4n) is 2.18. The maximum absolute atomic E-state index is 12.0. The molecule has 1 N–H and O–H groups in total. The van der Waals surface area contributed by atoms with Gasteiger partial charge in [0.25, 0.3) is 0 Å². The van der Waals surface area contributed by atoms with E-state index < -0.39 is 12.6 Å². The Bertz CT molecular complexity index is 292. The lowest BCUT2D eigenvalue weighted by Gasteiger charge is -2.20. The van der Waals surface area contributed by atoms with Crippen molar-refractivity contribution in [1.29, 1.82) is 0 Å². The molecule has 0 saturated carbocycles. The highest BCUT2D eigenvalue weighted by Crippen LogP contribution is 2.23. The second kappa shape index (κ2) is 5.91. The molecule has 3 nitrogen and oxygen atoms in total. The van der Waals surface area contributed by atoms with Crippen molar-refractivity contribution in [3.8, 4) is 0 Å². The zero-order chi connectivity index (χ0) is 13.9. The van der Waals surface area contributed by atoms with Gasteiger partial charge >= 0.3 is 6.18 Å². The number of nitrogens with one attached hydrogen (secondary N) is 1. The molecule has 2 unspecified atom stereocenters. The summed E-state index contributed by atoms with van der Waals surface area (Å²) in [6, 6.07) is -0.206.